The van der Waals surface area contributed by atoms with Crippen molar-refractivity contribution < 1.29 is 19.8 Å². The summed E-state index contributed by atoms with van der Waals surface area (Å²) in [6, 6.07) is -0.878. The highest BCUT2D eigenvalue weighted by Gasteiger charge is 2.11. The summed E-state index contributed by atoms with van der Waals surface area (Å²) in [5.74, 6) is -2.02. The fourth-order valence-corrected chi connectivity index (χ4v) is 1.00. The van der Waals surface area contributed by atoms with E-state index in [1.54, 1.807) is 0 Å². The largest absolute Gasteiger partial charge is 0.480 e. The minimum Gasteiger partial charge on any atom is -0.480 e. The van der Waals surface area contributed by atoms with Crippen LogP contribution in [0.15, 0.2) is 0 Å². The van der Waals surface area contributed by atoms with Crippen LogP contribution in [0.3, 0.4) is 0 Å². The number of carboxylic acid groups (broad SMARTS) is 2. The first-order chi connectivity index (χ1) is 6.93. The van der Waals surface area contributed by atoms with Crippen molar-refractivity contribution in [1.29, 1.82) is 0 Å². The molecule has 0 fully saturated rings. The van der Waals surface area contributed by atoms with E-state index >= 15 is 0 Å². The Labute approximate surface area is 87.4 Å². The van der Waals surface area contributed by atoms with Crippen molar-refractivity contribution in [3.63, 3.8) is 0 Å². The highest BCUT2D eigenvalue weighted by atomic mass is 16.4. The lowest BCUT2D eigenvalue weighted by atomic mass is 10.1. The van der Waals surface area contributed by atoms with Gasteiger partial charge in [-0.15, -0.1) is 0 Å². The Morgan fingerprint density at radius 1 is 1.20 bits per heavy atom. The van der Waals surface area contributed by atoms with Crippen LogP contribution < -0.4 is 16.8 Å². The van der Waals surface area contributed by atoms with Crippen LogP contribution in [-0.2, 0) is 9.59 Å². The molecule has 7 N–H and O–H groups in total. The summed E-state index contributed by atoms with van der Waals surface area (Å²) < 4.78 is 0. The SMILES string of the molecule is NC(CCC[C@H](N)C(=O)O)NCC(=O)O. The normalized spacial score (nSPS) is 14.5. The number of aliphatic carboxylic acids is 2. The summed E-state index contributed by atoms with van der Waals surface area (Å²) in [7, 11) is 0. The molecule has 0 aliphatic heterocycles. The van der Waals surface area contributed by atoms with Gasteiger partial charge in [0.25, 0.3) is 0 Å². The van der Waals surface area contributed by atoms with Gasteiger partial charge in [-0.1, -0.05) is 0 Å². The molecule has 0 radical (unpaired) electrons. The van der Waals surface area contributed by atoms with E-state index in [2.05, 4.69) is 5.32 Å². The van der Waals surface area contributed by atoms with Gasteiger partial charge in [-0.3, -0.25) is 14.9 Å². The Kier molecular flexibility index (Phi) is 6.59. The van der Waals surface area contributed by atoms with E-state index in [4.69, 9.17) is 21.7 Å². The fraction of sp³-hybridized carbons (Fsp3) is 0.750. The summed E-state index contributed by atoms with van der Waals surface area (Å²) in [5.41, 5.74) is 10.8. The molecule has 0 aliphatic carbocycles. The van der Waals surface area contributed by atoms with Gasteiger partial charge in [0.2, 0.25) is 0 Å². The standard InChI is InChI=1S/C8H17N3O4/c9-5(8(14)15)2-1-3-6(10)11-4-7(12)13/h5-6,11H,1-4,9-10H2,(H,12,13)(H,14,15)/t5-,6?/m0/s1. The van der Waals surface area contributed by atoms with Crippen molar-refractivity contribution in [2.75, 3.05) is 6.54 Å². The molecule has 0 bridgehead atoms. The molecule has 0 aromatic heterocycles. The number of hydrogen-bond acceptors (Lipinski definition) is 5. The highest BCUT2D eigenvalue weighted by molar-refractivity contribution is 5.72. The maximum absolute atomic E-state index is 10.3. The van der Waals surface area contributed by atoms with Crippen LogP contribution in [0, 0.1) is 0 Å². The van der Waals surface area contributed by atoms with Gasteiger partial charge < -0.3 is 21.7 Å². The van der Waals surface area contributed by atoms with Crippen molar-refractivity contribution in [2.45, 2.75) is 31.5 Å². The molecule has 7 nitrogen and oxygen atoms in total. The number of nitrogens with two attached hydrogens (primary N) is 2. The predicted octanol–water partition coefficient (Wildman–Crippen LogP) is -1.47. The lowest BCUT2D eigenvalue weighted by molar-refractivity contribution is -0.138. The molecule has 88 valence electrons. The second-order valence-corrected chi connectivity index (χ2v) is 3.26. The molecule has 0 rings (SSSR count). The summed E-state index contributed by atoms with van der Waals surface area (Å²) in [4.78, 5) is 20.5. The van der Waals surface area contributed by atoms with E-state index in [1.807, 2.05) is 0 Å². The smallest absolute Gasteiger partial charge is 0.320 e. The first kappa shape index (κ1) is 13.8. The summed E-state index contributed by atoms with van der Waals surface area (Å²) in [6.07, 6.45) is 0.926. The zero-order valence-electron chi connectivity index (χ0n) is 8.35. The third-order valence-electron chi connectivity index (χ3n) is 1.86. The first-order valence-electron chi connectivity index (χ1n) is 4.62. The Balaban J connectivity index is 3.50. The molecule has 0 saturated heterocycles. The quantitative estimate of drug-likeness (QED) is 0.314. The molecule has 0 aliphatic rings. The van der Waals surface area contributed by atoms with Crippen LogP contribution in [0.4, 0.5) is 0 Å². The van der Waals surface area contributed by atoms with E-state index in [1.165, 1.54) is 0 Å². The van der Waals surface area contributed by atoms with Gasteiger partial charge in [-0.25, -0.2) is 0 Å². The fourth-order valence-electron chi connectivity index (χ4n) is 1.00. The van der Waals surface area contributed by atoms with Crippen LogP contribution in [0.25, 0.3) is 0 Å². The third-order valence-corrected chi connectivity index (χ3v) is 1.86. The molecular formula is C8H17N3O4. The minimum absolute atomic E-state index is 0.202. The number of rotatable bonds is 8. The lowest BCUT2D eigenvalue weighted by Crippen LogP contribution is -2.40. The molecule has 0 amide bonds. The van der Waals surface area contributed by atoms with Crippen molar-refractivity contribution >= 4 is 11.9 Å². The molecule has 0 spiro atoms. The Hall–Kier alpha value is -1.18. The maximum Gasteiger partial charge on any atom is 0.320 e. The van der Waals surface area contributed by atoms with Gasteiger partial charge in [-0.2, -0.15) is 0 Å². The summed E-state index contributed by atoms with van der Waals surface area (Å²) >= 11 is 0. The van der Waals surface area contributed by atoms with Gasteiger partial charge >= 0.3 is 11.9 Å². The van der Waals surface area contributed by atoms with Crippen LogP contribution in [-0.4, -0.2) is 40.9 Å². The molecule has 0 aromatic carbocycles. The molecular weight excluding hydrogens is 202 g/mol. The van der Waals surface area contributed by atoms with Crippen LogP contribution in [0.2, 0.25) is 0 Å². The molecule has 0 heterocycles. The maximum atomic E-state index is 10.3. The molecule has 2 atom stereocenters. The molecule has 7 heteroatoms. The van der Waals surface area contributed by atoms with Gasteiger partial charge in [-0.05, 0) is 19.3 Å². The van der Waals surface area contributed by atoms with E-state index in [0.717, 1.165) is 0 Å². The van der Waals surface area contributed by atoms with E-state index in [9.17, 15) is 9.59 Å². The van der Waals surface area contributed by atoms with Crippen molar-refractivity contribution in [2.24, 2.45) is 11.5 Å². The zero-order chi connectivity index (χ0) is 11.8. The second-order valence-electron chi connectivity index (χ2n) is 3.26. The second kappa shape index (κ2) is 7.16. The minimum atomic E-state index is -1.04. The Morgan fingerprint density at radius 2 is 1.80 bits per heavy atom. The molecule has 15 heavy (non-hydrogen) atoms. The number of carboxylic acids is 2. The number of nitrogens with one attached hydrogen (secondary N) is 1. The van der Waals surface area contributed by atoms with Crippen molar-refractivity contribution in [3.8, 4) is 0 Å². The van der Waals surface area contributed by atoms with Gasteiger partial charge in [0.15, 0.2) is 0 Å². The first-order valence-corrected chi connectivity index (χ1v) is 4.62. The topological polar surface area (TPSA) is 139 Å². The highest BCUT2D eigenvalue weighted by Crippen LogP contribution is 2.00. The Bertz CT molecular complexity index is 222. The van der Waals surface area contributed by atoms with E-state index < -0.39 is 24.1 Å². The summed E-state index contributed by atoms with van der Waals surface area (Å²) in [6.45, 7) is -0.202. The van der Waals surface area contributed by atoms with Gasteiger partial charge in [0.05, 0.1) is 12.7 Å². The molecule has 0 saturated carbocycles. The molecule has 0 aromatic rings. The van der Waals surface area contributed by atoms with Crippen molar-refractivity contribution in [3.05, 3.63) is 0 Å². The third kappa shape index (κ3) is 7.86. The van der Waals surface area contributed by atoms with Crippen LogP contribution in [0.1, 0.15) is 19.3 Å². The van der Waals surface area contributed by atoms with Gasteiger partial charge in [0.1, 0.15) is 6.04 Å². The predicted molar refractivity (Wildman–Crippen MR) is 53.1 cm³/mol. The van der Waals surface area contributed by atoms with Crippen molar-refractivity contribution in [1.82, 2.24) is 5.32 Å². The monoisotopic (exact) mass is 219 g/mol. The summed E-state index contributed by atoms with van der Waals surface area (Å²) in [5, 5.41) is 19.4. The zero-order valence-corrected chi connectivity index (χ0v) is 8.35. The van der Waals surface area contributed by atoms with Crippen LogP contribution >= 0.6 is 0 Å². The lowest BCUT2D eigenvalue weighted by Gasteiger charge is -2.12. The number of carbonyl (C=O) groups is 2. The average Bonchev–Trinajstić information content (AvgIpc) is 2.14. The van der Waals surface area contributed by atoms with E-state index in [-0.39, 0.29) is 6.54 Å². The number of hydrogen-bond donors (Lipinski definition) is 5. The van der Waals surface area contributed by atoms with Gasteiger partial charge in [0, 0.05) is 0 Å². The van der Waals surface area contributed by atoms with E-state index in [0.29, 0.717) is 19.3 Å². The Morgan fingerprint density at radius 3 is 2.27 bits per heavy atom. The van der Waals surface area contributed by atoms with Crippen LogP contribution in [0.5, 0.6) is 0 Å². The molecule has 1 unspecified atom stereocenters. The average molecular weight is 219 g/mol.